The fourth-order valence-corrected chi connectivity index (χ4v) is 5.50. The van der Waals surface area contributed by atoms with E-state index in [1.165, 1.54) is 5.01 Å². The van der Waals surface area contributed by atoms with Gasteiger partial charge in [0.15, 0.2) is 0 Å². The number of carbonyl (C=O) groups is 1. The van der Waals surface area contributed by atoms with Crippen LogP contribution in [0.5, 0.6) is 0 Å². The van der Waals surface area contributed by atoms with Crippen LogP contribution in [0.3, 0.4) is 0 Å². The van der Waals surface area contributed by atoms with Crippen molar-refractivity contribution in [2.24, 2.45) is 5.10 Å². The van der Waals surface area contributed by atoms with E-state index in [4.69, 9.17) is 5.10 Å². The molecule has 0 saturated heterocycles. The molecule has 0 fully saturated rings. The second-order valence-corrected chi connectivity index (χ2v) is 9.96. The molecule has 1 aliphatic rings. The van der Waals surface area contributed by atoms with Gasteiger partial charge in [-0.1, -0.05) is 77.5 Å². The molecular formula is C30H23BrN4O2. The highest BCUT2D eigenvalue weighted by atomic mass is 79.9. The fraction of sp³-hybridized carbons (Fsp3) is 0.133. The molecule has 5 aromatic rings. The van der Waals surface area contributed by atoms with E-state index in [1.54, 1.807) is 6.20 Å². The van der Waals surface area contributed by atoms with Crippen molar-refractivity contribution < 1.29 is 4.79 Å². The van der Waals surface area contributed by atoms with Crippen molar-refractivity contribution in [3.63, 3.8) is 0 Å². The number of nitrogens with one attached hydrogen (secondary N) is 1. The van der Waals surface area contributed by atoms with Crippen molar-refractivity contribution in [2.45, 2.75) is 25.8 Å². The van der Waals surface area contributed by atoms with Gasteiger partial charge in [0.05, 0.1) is 22.8 Å². The molecule has 37 heavy (non-hydrogen) atoms. The number of amides is 1. The molecule has 2 aromatic heterocycles. The smallest absolute Gasteiger partial charge is 0.258 e. The van der Waals surface area contributed by atoms with E-state index in [2.05, 4.69) is 25.9 Å². The maximum absolute atomic E-state index is 13.6. The Balaban J connectivity index is 1.59. The lowest BCUT2D eigenvalue weighted by Crippen LogP contribution is -2.26. The molecule has 7 heteroatoms. The number of fused-ring (bicyclic) bond motifs is 2. The van der Waals surface area contributed by atoms with Gasteiger partial charge in [-0.2, -0.15) is 5.10 Å². The largest absolute Gasteiger partial charge is 0.321 e. The minimum absolute atomic E-state index is 0.103. The van der Waals surface area contributed by atoms with Gasteiger partial charge in [-0.05, 0) is 29.8 Å². The van der Waals surface area contributed by atoms with Crippen molar-refractivity contribution in [3.8, 4) is 11.1 Å². The van der Waals surface area contributed by atoms with Crippen molar-refractivity contribution in [2.75, 3.05) is 0 Å². The van der Waals surface area contributed by atoms with Gasteiger partial charge in [0.1, 0.15) is 0 Å². The van der Waals surface area contributed by atoms with E-state index in [-0.39, 0.29) is 17.5 Å². The minimum Gasteiger partial charge on any atom is -0.321 e. The zero-order valence-electron chi connectivity index (χ0n) is 20.1. The molecule has 0 radical (unpaired) electrons. The third-order valence-electron chi connectivity index (χ3n) is 6.82. The lowest BCUT2D eigenvalue weighted by atomic mass is 9.90. The van der Waals surface area contributed by atoms with Gasteiger partial charge in [-0.3, -0.25) is 14.6 Å². The van der Waals surface area contributed by atoms with Crippen LogP contribution in [0.4, 0.5) is 0 Å². The van der Waals surface area contributed by atoms with Crippen LogP contribution in [0.25, 0.3) is 32.9 Å². The second-order valence-electron chi connectivity index (χ2n) is 9.04. The predicted molar refractivity (Wildman–Crippen MR) is 150 cm³/mol. The number of H-pyrrole nitrogens is 1. The van der Waals surface area contributed by atoms with E-state index in [1.807, 2.05) is 85.8 Å². The molecule has 0 bridgehead atoms. The molecule has 0 spiro atoms. The van der Waals surface area contributed by atoms with Gasteiger partial charge in [-0.15, -0.1) is 0 Å². The molecule has 0 saturated carbocycles. The first-order valence-corrected chi connectivity index (χ1v) is 13.0. The number of nitrogens with zero attached hydrogens (tertiary/aromatic N) is 3. The summed E-state index contributed by atoms with van der Waals surface area (Å²) in [6, 6.07) is 25.2. The number of benzene rings is 3. The van der Waals surface area contributed by atoms with Crippen LogP contribution in [0.15, 0.2) is 99.4 Å². The van der Waals surface area contributed by atoms with Gasteiger partial charge in [0.2, 0.25) is 5.91 Å². The summed E-state index contributed by atoms with van der Waals surface area (Å²) in [6.45, 7) is 1.82. The zero-order chi connectivity index (χ0) is 25.5. The molecule has 1 amide bonds. The number of para-hydroxylation sites is 1. The molecule has 1 unspecified atom stereocenters. The molecular weight excluding hydrogens is 528 g/mol. The lowest BCUT2D eigenvalue weighted by Gasteiger charge is -2.22. The van der Waals surface area contributed by atoms with Crippen LogP contribution in [0, 0.1) is 0 Å². The maximum atomic E-state index is 13.6. The number of carbonyl (C=O) groups excluding carboxylic acids is 1. The summed E-state index contributed by atoms with van der Waals surface area (Å²) >= 11 is 3.58. The normalized spacial score (nSPS) is 15.4. The fourth-order valence-electron chi connectivity index (χ4n) is 5.14. The summed E-state index contributed by atoms with van der Waals surface area (Å²) in [7, 11) is 0. The van der Waals surface area contributed by atoms with Gasteiger partial charge < -0.3 is 4.98 Å². The predicted octanol–water partition coefficient (Wildman–Crippen LogP) is 6.59. The van der Waals surface area contributed by atoms with Gasteiger partial charge >= 0.3 is 0 Å². The molecule has 182 valence electrons. The third-order valence-corrected chi connectivity index (χ3v) is 7.31. The molecule has 3 heterocycles. The molecule has 3 aromatic carbocycles. The SMILES string of the molecule is CCC(=O)N1N=C(c2c(-c3ccccc3)c3cc(Br)ccc3[nH]c2=O)CC1c1cccc2cccnc12. The van der Waals surface area contributed by atoms with E-state index >= 15 is 0 Å². The summed E-state index contributed by atoms with van der Waals surface area (Å²) in [6.07, 6.45) is 2.47. The molecule has 0 aliphatic carbocycles. The average Bonchev–Trinajstić information content (AvgIpc) is 3.37. The number of pyridine rings is 2. The Labute approximate surface area is 221 Å². The Morgan fingerprint density at radius 2 is 1.84 bits per heavy atom. The maximum Gasteiger partial charge on any atom is 0.258 e. The van der Waals surface area contributed by atoms with Crippen molar-refractivity contribution in [3.05, 3.63) is 111 Å². The number of halogens is 1. The highest BCUT2D eigenvalue weighted by Gasteiger charge is 2.35. The van der Waals surface area contributed by atoms with Crippen LogP contribution in [-0.4, -0.2) is 26.6 Å². The number of rotatable bonds is 4. The molecule has 1 N–H and O–H groups in total. The van der Waals surface area contributed by atoms with Crippen LogP contribution < -0.4 is 5.56 Å². The number of hydrogen-bond acceptors (Lipinski definition) is 4. The highest BCUT2D eigenvalue weighted by Crippen LogP contribution is 2.39. The third kappa shape index (κ3) is 4.05. The van der Waals surface area contributed by atoms with E-state index < -0.39 is 0 Å². The lowest BCUT2D eigenvalue weighted by molar-refractivity contribution is -0.132. The Bertz CT molecular complexity index is 1760. The van der Waals surface area contributed by atoms with E-state index in [0.29, 0.717) is 24.1 Å². The quantitative estimate of drug-likeness (QED) is 0.274. The van der Waals surface area contributed by atoms with E-state index in [0.717, 1.165) is 43.0 Å². The number of hydrogen-bond donors (Lipinski definition) is 1. The Hall–Kier alpha value is -4.10. The molecule has 1 atom stereocenters. The monoisotopic (exact) mass is 550 g/mol. The minimum atomic E-state index is -0.359. The Morgan fingerprint density at radius 1 is 1.03 bits per heavy atom. The summed E-state index contributed by atoms with van der Waals surface area (Å²) in [4.78, 5) is 34.4. The zero-order valence-corrected chi connectivity index (χ0v) is 21.7. The molecule has 6 rings (SSSR count). The van der Waals surface area contributed by atoms with Gasteiger partial charge in [0, 0.05) is 50.9 Å². The number of aromatic amines is 1. The summed E-state index contributed by atoms with van der Waals surface area (Å²) in [5.74, 6) is -0.103. The summed E-state index contributed by atoms with van der Waals surface area (Å²) in [5, 5.41) is 8.25. The Morgan fingerprint density at radius 3 is 2.65 bits per heavy atom. The molecule has 1 aliphatic heterocycles. The first-order chi connectivity index (χ1) is 18.0. The van der Waals surface area contributed by atoms with E-state index in [9.17, 15) is 9.59 Å². The topological polar surface area (TPSA) is 78.4 Å². The molecule has 6 nitrogen and oxygen atoms in total. The van der Waals surface area contributed by atoms with Crippen LogP contribution in [-0.2, 0) is 4.79 Å². The van der Waals surface area contributed by atoms with Gasteiger partial charge in [-0.25, -0.2) is 5.01 Å². The van der Waals surface area contributed by atoms with Crippen LogP contribution in [0.2, 0.25) is 0 Å². The van der Waals surface area contributed by atoms with Gasteiger partial charge in [0.25, 0.3) is 5.56 Å². The first kappa shape index (κ1) is 23.3. The summed E-state index contributed by atoms with van der Waals surface area (Å²) < 4.78 is 0.908. The van der Waals surface area contributed by atoms with Crippen molar-refractivity contribution >= 4 is 49.4 Å². The van der Waals surface area contributed by atoms with Crippen molar-refractivity contribution in [1.29, 1.82) is 0 Å². The second kappa shape index (κ2) is 9.41. The van der Waals surface area contributed by atoms with Crippen molar-refractivity contribution in [1.82, 2.24) is 15.0 Å². The first-order valence-electron chi connectivity index (χ1n) is 12.2. The highest BCUT2D eigenvalue weighted by molar-refractivity contribution is 9.10. The number of hydrazone groups is 1. The summed E-state index contributed by atoms with van der Waals surface area (Å²) in [5.41, 5.74) is 5.06. The standard InChI is InChI=1S/C30H23BrN4O2/c1-2-26(36)35-25(21-12-6-10-19-11-7-15-32-29(19)21)17-24(34-35)28-27(18-8-4-3-5-9-18)22-16-20(31)13-14-23(22)33-30(28)37/h3-16,25H,2,17H2,1H3,(H,33,37). The number of aromatic nitrogens is 2. The average molecular weight is 551 g/mol. The Kier molecular flexibility index (Phi) is 5.93. The van der Waals surface area contributed by atoms with Crippen LogP contribution >= 0.6 is 15.9 Å². The van der Waals surface area contributed by atoms with Crippen LogP contribution in [0.1, 0.15) is 36.9 Å².